The largest absolute Gasteiger partial charge is 0.359 e. The summed E-state index contributed by atoms with van der Waals surface area (Å²) in [4.78, 5) is 41.3. The second-order valence-electron chi connectivity index (χ2n) is 7.12. The van der Waals surface area contributed by atoms with E-state index in [0.29, 0.717) is 18.7 Å². The van der Waals surface area contributed by atoms with E-state index in [1.54, 1.807) is 19.2 Å². The highest BCUT2D eigenvalue weighted by molar-refractivity contribution is 5.94. The van der Waals surface area contributed by atoms with Gasteiger partial charge in [0.15, 0.2) is 0 Å². The van der Waals surface area contributed by atoms with E-state index in [2.05, 4.69) is 20.5 Å². The number of amides is 2. The highest BCUT2D eigenvalue weighted by Crippen LogP contribution is 2.24. The molecule has 1 aliphatic rings. The van der Waals surface area contributed by atoms with E-state index in [0.717, 1.165) is 18.4 Å². The van der Waals surface area contributed by atoms with Gasteiger partial charge >= 0.3 is 0 Å². The number of aromatic amines is 1. The Labute approximate surface area is 164 Å². The average Bonchev–Trinajstić information content (AvgIpc) is 3.06. The molecule has 1 saturated heterocycles. The van der Waals surface area contributed by atoms with Crippen molar-refractivity contribution in [3.8, 4) is 11.3 Å². The zero-order valence-electron chi connectivity index (χ0n) is 16.2. The molecule has 0 aliphatic carbocycles. The molecule has 1 fully saturated rings. The number of likely N-dealkylation sites (tertiary alicyclic amines) is 1. The van der Waals surface area contributed by atoms with Crippen LogP contribution in [0.2, 0.25) is 0 Å². The highest BCUT2D eigenvalue weighted by atomic mass is 16.2. The molecule has 7 heteroatoms. The third-order valence-electron chi connectivity index (χ3n) is 5.42. The summed E-state index contributed by atoms with van der Waals surface area (Å²) in [7, 11) is 3.61. The van der Waals surface area contributed by atoms with Gasteiger partial charge in [-0.1, -0.05) is 30.3 Å². The third kappa shape index (κ3) is 4.48. The van der Waals surface area contributed by atoms with Gasteiger partial charge in [0.1, 0.15) is 5.56 Å². The summed E-state index contributed by atoms with van der Waals surface area (Å²) in [6.45, 7) is 0.444. The Morgan fingerprint density at radius 1 is 1.11 bits per heavy atom. The van der Waals surface area contributed by atoms with Crippen LogP contribution in [0.25, 0.3) is 11.3 Å². The van der Waals surface area contributed by atoms with Crippen molar-refractivity contribution in [2.75, 3.05) is 20.6 Å². The third-order valence-corrected chi connectivity index (χ3v) is 5.42. The second kappa shape index (κ2) is 8.84. The van der Waals surface area contributed by atoms with Crippen molar-refractivity contribution < 1.29 is 9.59 Å². The standard InChI is InChI=1S/C21H26N4O3/c1-22-19(26)12-15-8-9-16(25(15)2)13-23-20(27)17-10-11-18(24-21(17)28)14-6-4-3-5-7-14/h3-7,10-11,15-16H,8-9,12-13H2,1-2H3,(H,22,26)(H,23,27)(H,24,28)/t15-,16+/m1/s1. The van der Waals surface area contributed by atoms with Crippen LogP contribution in [-0.4, -0.2) is 54.4 Å². The second-order valence-corrected chi connectivity index (χ2v) is 7.12. The monoisotopic (exact) mass is 382 g/mol. The first kappa shape index (κ1) is 19.8. The van der Waals surface area contributed by atoms with Gasteiger partial charge in [0.25, 0.3) is 11.5 Å². The lowest BCUT2D eigenvalue weighted by molar-refractivity contribution is -0.121. The van der Waals surface area contributed by atoms with Gasteiger partial charge in [0, 0.05) is 37.8 Å². The SMILES string of the molecule is CNC(=O)C[C@H]1CC[C@@H](CNC(=O)c2ccc(-c3ccccc3)[nH]c2=O)N1C. The van der Waals surface area contributed by atoms with Gasteiger partial charge < -0.3 is 15.6 Å². The number of hydrogen-bond acceptors (Lipinski definition) is 4. The molecule has 0 spiro atoms. The van der Waals surface area contributed by atoms with Crippen molar-refractivity contribution in [2.45, 2.75) is 31.3 Å². The van der Waals surface area contributed by atoms with Crippen molar-refractivity contribution in [3.05, 3.63) is 58.4 Å². The van der Waals surface area contributed by atoms with E-state index >= 15 is 0 Å². The maximum atomic E-state index is 12.5. The zero-order valence-corrected chi connectivity index (χ0v) is 16.2. The maximum absolute atomic E-state index is 12.5. The Bertz CT molecular complexity index is 894. The molecule has 0 bridgehead atoms. The van der Waals surface area contributed by atoms with Crippen LogP contribution in [0.4, 0.5) is 0 Å². The molecule has 148 valence electrons. The average molecular weight is 382 g/mol. The number of H-pyrrole nitrogens is 1. The van der Waals surface area contributed by atoms with Crippen molar-refractivity contribution in [1.82, 2.24) is 20.5 Å². The molecule has 2 heterocycles. The highest BCUT2D eigenvalue weighted by Gasteiger charge is 2.31. The normalized spacial score (nSPS) is 19.4. The van der Waals surface area contributed by atoms with Crippen molar-refractivity contribution in [2.24, 2.45) is 0 Å². The summed E-state index contributed by atoms with van der Waals surface area (Å²) >= 11 is 0. The predicted octanol–water partition coefficient (Wildman–Crippen LogP) is 1.37. The summed E-state index contributed by atoms with van der Waals surface area (Å²) < 4.78 is 0. The number of nitrogens with zero attached hydrogens (tertiary/aromatic N) is 1. The molecule has 3 N–H and O–H groups in total. The van der Waals surface area contributed by atoms with E-state index in [-0.39, 0.29) is 29.5 Å². The molecule has 7 nitrogen and oxygen atoms in total. The van der Waals surface area contributed by atoms with Crippen LogP contribution in [-0.2, 0) is 4.79 Å². The summed E-state index contributed by atoms with van der Waals surface area (Å²) in [6, 6.07) is 13.1. The number of carbonyl (C=O) groups excluding carboxylic acids is 2. The number of nitrogens with one attached hydrogen (secondary N) is 3. The van der Waals surface area contributed by atoms with E-state index in [1.807, 2.05) is 37.4 Å². The minimum atomic E-state index is -0.406. The van der Waals surface area contributed by atoms with Crippen LogP contribution in [0.1, 0.15) is 29.6 Å². The molecular weight excluding hydrogens is 356 g/mol. The van der Waals surface area contributed by atoms with Gasteiger partial charge in [-0.25, -0.2) is 0 Å². The molecule has 2 aromatic rings. The molecule has 1 aliphatic heterocycles. The number of rotatable bonds is 6. The smallest absolute Gasteiger partial charge is 0.261 e. The van der Waals surface area contributed by atoms with Crippen LogP contribution in [0.3, 0.4) is 0 Å². The molecule has 1 aromatic carbocycles. The van der Waals surface area contributed by atoms with Gasteiger partial charge in [-0.05, 0) is 37.6 Å². The quantitative estimate of drug-likeness (QED) is 0.703. The fourth-order valence-electron chi connectivity index (χ4n) is 3.64. The first-order valence-corrected chi connectivity index (χ1v) is 9.49. The fraction of sp³-hybridized carbons (Fsp3) is 0.381. The van der Waals surface area contributed by atoms with E-state index in [4.69, 9.17) is 0 Å². The lowest BCUT2D eigenvalue weighted by atomic mass is 10.1. The van der Waals surface area contributed by atoms with Crippen LogP contribution in [0, 0.1) is 0 Å². The Kier molecular flexibility index (Phi) is 6.26. The number of carbonyl (C=O) groups is 2. The number of aromatic nitrogens is 1. The Hall–Kier alpha value is -2.93. The molecule has 3 rings (SSSR count). The van der Waals surface area contributed by atoms with E-state index in [1.165, 1.54) is 0 Å². The number of likely N-dealkylation sites (N-methyl/N-ethyl adjacent to an activating group) is 1. The van der Waals surface area contributed by atoms with E-state index < -0.39 is 5.56 Å². The Morgan fingerprint density at radius 2 is 1.82 bits per heavy atom. The minimum Gasteiger partial charge on any atom is -0.359 e. The van der Waals surface area contributed by atoms with Crippen LogP contribution in [0.15, 0.2) is 47.3 Å². The Balaban J connectivity index is 1.60. The predicted molar refractivity (Wildman–Crippen MR) is 108 cm³/mol. The zero-order chi connectivity index (χ0) is 20.1. The molecule has 0 saturated carbocycles. The summed E-state index contributed by atoms with van der Waals surface area (Å²) in [5.74, 6) is -0.365. The topological polar surface area (TPSA) is 94.3 Å². The van der Waals surface area contributed by atoms with Gasteiger partial charge in [-0.15, -0.1) is 0 Å². The first-order valence-electron chi connectivity index (χ1n) is 9.49. The lowest BCUT2D eigenvalue weighted by Gasteiger charge is -2.25. The van der Waals surface area contributed by atoms with Crippen LogP contribution < -0.4 is 16.2 Å². The summed E-state index contributed by atoms with van der Waals surface area (Å²) in [5, 5.41) is 5.51. The lowest BCUT2D eigenvalue weighted by Crippen LogP contribution is -2.43. The summed E-state index contributed by atoms with van der Waals surface area (Å²) in [6.07, 6.45) is 2.27. The van der Waals surface area contributed by atoms with Gasteiger partial charge in [0.2, 0.25) is 5.91 Å². The molecule has 0 radical (unpaired) electrons. The maximum Gasteiger partial charge on any atom is 0.261 e. The molecular formula is C21H26N4O3. The first-order chi connectivity index (χ1) is 13.5. The van der Waals surface area contributed by atoms with Crippen molar-refractivity contribution in [1.29, 1.82) is 0 Å². The van der Waals surface area contributed by atoms with Crippen molar-refractivity contribution in [3.63, 3.8) is 0 Å². The molecule has 0 unspecified atom stereocenters. The number of pyridine rings is 1. The molecule has 2 amide bonds. The van der Waals surface area contributed by atoms with Crippen LogP contribution >= 0.6 is 0 Å². The number of benzene rings is 1. The van der Waals surface area contributed by atoms with Crippen LogP contribution in [0.5, 0.6) is 0 Å². The van der Waals surface area contributed by atoms with Crippen molar-refractivity contribution >= 4 is 11.8 Å². The van der Waals surface area contributed by atoms with E-state index in [9.17, 15) is 14.4 Å². The minimum absolute atomic E-state index is 0.0200. The molecule has 2 atom stereocenters. The molecule has 28 heavy (non-hydrogen) atoms. The number of hydrogen-bond donors (Lipinski definition) is 3. The fourth-order valence-corrected chi connectivity index (χ4v) is 3.64. The Morgan fingerprint density at radius 3 is 2.50 bits per heavy atom. The van der Waals surface area contributed by atoms with Gasteiger partial charge in [-0.3, -0.25) is 19.3 Å². The van der Waals surface area contributed by atoms with Gasteiger partial charge in [-0.2, -0.15) is 0 Å². The molecule has 1 aromatic heterocycles. The van der Waals surface area contributed by atoms with Gasteiger partial charge in [0.05, 0.1) is 0 Å². The summed E-state index contributed by atoms with van der Waals surface area (Å²) in [5.41, 5.74) is 1.26.